The molecule has 0 radical (unpaired) electrons. The highest BCUT2D eigenvalue weighted by molar-refractivity contribution is 5.85. The fourth-order valence-electron chi connectivity index (χ4n) is 0.861. The molecule has 1 atom stereocenters. The van der Waals surface area contributed by atoms with Gasteiger partial charge >= 0.3 is 5.97 Å². The highest BCUT2D eigenvalue weighted by Crippen LogP contribution is 2.18. The minimum absolute atomic E-state index is 0.272. The molecule has 0 aliphatic carbocycles. The third-order valence-corrected chi connectivity index (χ3v) is 1.51. The summed E-state index contributed by atoms with van der Waals surface area (Å²) in [7, 11) is 0. The van der Waals surface area contributed by atoms with E-state index in [-0.39, 0.29) is 6.61 Å². The van der Waals surface area contributed by atoms with Crippen LogP contribution in [0.25, 0.3) is 0 Å². The van der Waals surface area contributed by atoms with Gasteiger partial charge in [0.1, 0.15) is 0 Å². The van der Waals surface area contributed by atoms with E-state index in [4.69, 9.17) is 0 Å². The molecule has 1 heterocycles. The number of cyclic esters (lactones) is 1. The van der Waals surface area contributed by atoms with E-state index in [1.807, 2.05) is 6.92 Å². The van der Waals surface area contributed by atoms with E-state index < -0.39 is 11.6 Å². The topological polar surface area (TPSA) is 46.5 Å². The zero-order chi connectivity index (χ0) is 8.32. The molecule has 1 saturated heterocycles. The van der Waals surface area contributed by atoms with Crippen LogP contribution in [-0.2, 0) is 9.53 Å². The molecule has 0 amide bonds. The lowest BCUT2D eigenvalue weighted by Gasteiger charge is -2.07. The molecule has 1 unspecified atom stereocenters. The molecule has 60 valence electrons. The summed E-state index contributed by atoms with van der Waals surface area (Å²) in [6.07, 6.45) is 0.925. The van der Waals surface area contributed by atoms with E-state index >= 15 is 0 Å². The Balaban J connectivity index is 2.73. The summed E-state index contributed by atoms with van der Waals surface area (Å²) in [6, 6.07) is 0. The molecule has 3 heteroatoms. The highest BCUT2D eigenvalue weighted by atomic mass is 16.6. The fourth-order valence-corrected chi connectivity index (χ4v) is 0.861. The van der Waals surface area contributed by atoms with Gasteiger partial charge in [-0.15, -0.1) is 0 Å². The van der Waals surface area contributed by atoms with Crippen LogP contribution in [0.15, 0.2) is 0 Å². The van der Waals surface area contributed by atoms with E-state index in [0.29, 0.717) is 12.8 Å². The number of rotatable bonds is 0. The normalized spacial score (nSPS) is 29.1. The van der Waals surface area contributed by atoms with Crippen LogP contribution in [0.4, 0.5) is 0 Å². The number of esters is 1. The molecular weight excluding hydrogens is 144 g/mol. The van der Waals surface area contributed by atoms with E-state index in [2.05, 4.69) is 16.6 Å². The molecular formula is C8H10O3. The van der Waals surface area contributed by atoms with Gasteiger partial charge in [0.05, 0.1) is 6.61 Å². The standard InChI is InChI=1S/C8H10O3/c1-2-3-4-8(10)5-6-11-7(8)9/h10H,2,5-6H2,1H3. The first-order chi connectivity index (χ1) is 5.19. The maximum atomic E-state index is 10.8. The second kappa shape index (κ2) is 2.93. The number of aliphatic hydroxyl groups is 1. The van der Waals surface area contributed by atoms with E-state index in [1.165, 1.54) is 0 Å². The molecule has 1 aliphatic rings. The van der Waals surface area contributed by atoms with Crippen LogP contribution in [0.1, 0.15) is 19.8 Å². The predicted octanol–water partition coefficient (Wildman–Crippen LogP) is 0.0778. The maximum Gasteiger partial charge on any atom is 0.351 e. The second-order valence-electron chi connectivity index (χ2n) is 2.40. The summed E-state index contributed by atoms with van der Waals surface area (Å²) < 4.78 is 4.57. The van der Waals surface area contributed by atoms with E-state index in [1.54, 1.807) is 0 Å². The summed E-state index contributed by atoms with van der Waals surface area (Å²) in [5, 5.41) is 9.44. The molecule has 0 spiro atoms. The number of carbonyl (C=O) groups excluding carboxylic acids is 1. The third kappa shape index (κ3) is 1.52. The summed E-state index contributed by atoms with van der Waals surface area (Å²) in [5.41, 5.74) is -1.52. The van der Waals surface area contributed by atoms with Gasteiger partial charge in [-0.25, -0.2) is 4.79 Å². The largest absolute Gasteiger partial charge is 0.463 e. The third-order valence-electron chi connectivity index (χ3n) is 1.51. The van der Waals surface area contributed by atoms with Gasteiger partial charge in [-0.1, -0.05) is 18.8 Å². The molecule has 0 aromatic rings. The molecule has 0 bridgehead atoms. The van der Waals surface area contributed by atoms with Gasteiger partial charge in [-0.05, 0) is 0 Å². The van der Waals surface area contributed by atoms with Gasteiger partial charge in [0.2, 0.25) is 5.60 Å². The van der Waals surface area contributed by atoms with Crippen LogP contribution in [-0.4, -0.2) is 23.3 Å². The van der Waals surface area contributed by atoms with Gasteiger partial charge in [0.25, 0.3) is 0 Å². The van der Waals surface area contributed by atoms with Crippen LogP contribution >= 0.6 is 0 Å². The zero-order valence-corrected chi connectivity index (χ0v) is 6.39. The van der Waals surface area contributed by atoms with Crippen molar-refractivity contribution in [1.29, 1.82) is 0 Å². The molecule has 0 aromatic carbocycles. The van der Waals surface area contributed by atoms with E-state index in [9.17, 15) is 9.90 Å². The number of hydrogen-bond acceptors (Lipinski definition) is 3. The first-order valence-corrected chi connectivity index (χ1v) is 3.58. The Morgan fingerprint density at radius 1 is 1.82 bits per heavy atom. The van der Waals surface area contributed by atoms with Crippen LogP contribution in [0.5, 0.6) is 0 Å². The number of hydrogen-bond donors (Lipinski definition) is 1. The molecule has 3 nitrogen and oxygen atoms in total. The molecule has 0 saturated carbocycles. The summed E-state index contributed by atoms with van der Waals surface area (Å²) in [5.74, 6) is 4.54. The van der Waals surface area contributed by atoms with Crippen molar-refractivity contribution in [2.24, 2.45) is 0 Å². The van der Waals surface area contributed by atoms with Crippen LogP contribution in [0.2, 0.25) is 0 Å². The molecule has 1 N–H and O–H groups in total. The van der Waals surface area contributed by atoms with Gasteiger partial charge in [-0.2, -0.15) is 0 Å². The van der Waals surface area contributed by atoms with Crippen molar-refractivity contribution < 1.29 is 14.6 Å². The smallest absolute Gasteiger partial charge is 0.351 e. The van der Waals surface area contributed by atoms with Gasteiger partial charge < -0.3 is 9.84 Å². The average molecular weight is 154 g/mol. The highest BCUT2D eigenvalue weighted by Gasteiger charge is 2.41. The Hall–Kier alpha value is -1.01. The SMILES string of the molecule is CCC#CC1(O)CCOC1=O. The van der Waals surface area contributed by atoms with Crippen molar-refractivity contribution >= 4 is 5.97 Å². The molecule has 0 aromatic heterocycles. The number of carbonyl (C=O) groups is 1. The van der Waals surface area contributed by atoms with Crippen molar-refractivity contribution in [3.63, 3.8) is 0 Å². The fraction of sp³-hybridized carbons (Fsp3) is 0.625. The van der Waals surface area contributed by atoms with Gasteiger partial charge in [0.15, 0.2) is 0 Å². The van der Waals surface area contributed by atoms with Crippen molar-refractivity contribution in [2.75, 3.05) is 6.61 Å². The minimum atomic E-state index is -1.52. The van der Waals surface area contributed by atoms with Gasteiger partial charge in [0, 0.05) is 12.8 Å². The first-order valence-electron chi connectivity index (χ1n) is 3.58. The lowest BCUT2D eigenvalue weighted by molar-refractivity contribution is -0.148. The Morgan fingerprint density at radius 2 is 2.55 bits per heavy atom. The molecule has 1 fully saturated rings. The lowest BCUT2D eigenvalue weighted by Crippen LogP contribution is -2.31. The monoisotopic (exact) mass is 154 g/mol. The zero-order valence-electron chi connectivity index (χ0n) is 6.39. The van der Waals surface area contributed by atoms with Crippen LogP contribution < -0.4 is 0 Å². The van der Waals surface area contributed by atoms with Crippen molar-refractivity contribution in [2.45, 2.75) is 25.4 Å². The summed E-state index contributed by atoms with van der Waals surface area (Å²) >= 11 is 0. The number of ether oxygens (including phenoxy) is 1. The summed E-state index contributed by atoms with van der Waals surface area (Å²) in [6.45, 7) is 2.13. The molecule has 1 rings (SSSR count). The molecule has 1 aliphatic heterocycles. The summed E-state index contributed by atoms with van der Waals surface area (Å²) in [4.78, 5) is 10.8. The predicted molar refractivity (Wildman–Crippen MR) is 38.6 cm³/mol. The first kappa shape index (κ1) is 8.09. The van der Waals surface area contributed by atoms with Crippen LogP contribution in [0, 0.1) is 11.8 Å². The molecule has 11 heavy (non-hydrogen) atoms. The minimum Gasteiger partial charge on any atom is -0.463 e. The Bertz CT molecular complexity index is 223. The Kier molecular flexibility index (Phi) is 2.16. The quantitative estimate of drug-likeness (QED) is 0.397. The Labute approximate surface area is 65.4 Å². The van der Waals surface area contributed by atoms with Crippen molar-refractivity contribution in [1.82, 2.24) is 0 Å². The van der Waals surface area contributed by atoms with E-state index in [0.717, 1.165) is 0 Å². The lowest BCUT2D eigenvalue weighted by atomic mass is 10.0. The Morgan fingerprint density at radius 3 is 3.00 bits per heavy atom. The van der Waals surface area contributed by atoms with Gasteiger partial charge in [-0.3, -0.25) is 0 Å². The van der Waals surface area contributed by atoms with Crippen molar-refractivity contribution in [3.8, 4) is 11.8 Å². The van der Waals surface area contributed by atoms with Crippen LogP contribution in [0.3, 0.4) is 0 Å². The maximum absolute atomic E-state index is 10.8. The average Bonchev–Trinajstić information content (AvgIpc) is 2.30. The second-order valence-corrected chi connectivity index (χ2v) is 2.40. The van der Waals surface area contributed by atoms with Crippen molar-refractivity contribution in [3.05, 3.63) is 0 Å².